The molecule has 0 aliphatic carbocycles. The lowest BCUT2D eigenvalue weighted by Gasteiger charge is -2.12. The van der Waals surface area contributed by atoms with E-state index in [1.54, 1.807) is 0 Å². The van der Waals surface area contributed by atoms with Crippen molar-refractivity contribution in [1.29, 1.82) is 0 Å². The highest BCUT2D eigenvalue weighted by molar-refractivity contribution is 5.69. The Balaban J connectivity index is 2.95. The van der Waals surface area contributed by atoms with Crippen molar-refractivity contribution in [3.63, 3.8) is 0 Å². The number of nitrogens with zero attached hydrogens (tertiary/aromatic N) is 4. The molecule has 2 aromatic heterocycles. The molecular formula is C14H18N4. The van der Waals surface area contributed by atoms with Gasteiger partial charge in [-0.2, -0.15) is 5.10 Å². The van der Waals surface area contributed by atoms with E-state index in [1.807, 2.05) is 25.3 Å². The van der Waals surface area contributed by atoms with Gasteiger partial charge in [-0.1, -0.05) is 26.3 Å². The molecule has 0 N–H and O–H groups in total. The number of aryl methyl sites for hydroxylation is 1. The molecule has 0 aromatic carbocycles. The number of hydrogen-bond acceptors (Lipinski definition) is 2. The third kappa shape index (κ3) is 1.67. The van der Waals surface area contributed by atoms with Gasteiger partial charge in [0, 0.05) is 11.0 Å². The fourth-order valence-electron chi connectivity index (χ4n) is 2.00. The zero-order chi connectivity index (χ0) is 13.7. The Morgan fingerprint density at radius 1 is 1.28 bits per heavy atom. The van der Waals surface area contributed by atoms with Crippen LogP contribution in [0.4, 0.5) is 5.69 Å². The zero-order valence-corrected chi connectivity index (χ0v) is 11.8. The topological polar surface area (TPSA) is 34.5 Å². The van der Waals surface area contributed by atoms with Gasteiger partial charge in [-0.15, -0.1) is 0 Å². The van der Waals surface area contributed by atoms with E-state index in [2.05, 4.69) is 35.7 Å². The molecule has 0 saturated heterocycles. The first-order valence-corrected chi connectivity index (χ1v) is 6.02. The first-order valence-electron chi connectivity index (χ1n) is 6.02. The Hall–Kier alpha value is -1.89. The standard InChI is InChI=1S/C14H18N4/c1-8(2)11-10(15-7)9(3)12-16-13(14(4,5)6)17-18(11)12/h1-6H3. The summed E-state index contributed by atoms with van der Waals surface area (Å²) in [5.74, 6) is 0.819. The monoisotopic (exact) mass is 242 g/mol. The Morgan fingerprint density at radius 3 is 2.33 bits per heavy atom. The summed E-state index contributed by atoms with van der Waals surface area (Å²) in [7, 11) is 0. The van der Waals surface area contributed by atoms with E-state index in [1.165, 1.54) is 0 Å². The van der Waals surface area contributed by atoms with Gasteiger partial charge in [0.05, 0.1) is 11.9 Å². The predicted molar refractivity (Wildman–Crippen MR) is 72.7 cm³/mol. The minimum Gasteiger partial charge on any atom is -0.235 e. The fourth-order valence-corrected chi connectivity index (χ4v) is 2.00. The molecule has 4 nitrogen and oxygen atoms in total. The summed E-state index contributed by atoms with van der Waals surface area (Å²) in [5, 5.41) is 5.47. The molecule has 0 fully saturated rings. The number of hydrogen-bond donors (Lipinski definition) is 0. The molecule has 0 amide bonds. The van der Waals surface area contributed by atoms with Crippen molar-refractivity contribution in [1.82, 2.24) is 14.6 Å². The largest absolute Gasteiger partial charge is 0.235 e. The molecule has 4 heteroatoms. The second-order valence-electron chi connectivity index (χ2n) is 5.85. The first-order chi connectivity index (χ1) is 8.27. The Bertz CT molecular complexity index is 704. The van der Waals surface area contributed by atoms with Gasteiger partial charge in [0.2, 0.25) is 5.69 Å². The van der Waals surface area contributed by atoms with Crippen molar-refractivity contribution in [3.05, 3.63) is 28.2 Å². The van der Waals surface area contributed by atoms with Gasteiger partial charge in [0.25, 0.3) is 0 Å². The van der Waals surface area contributed by atoms with Crippen molar-refractivity contribution in [2.24, 2.45) is 0 Å². The third-order valence-corrected chi connectivity index (χ3v) is 2.99. The van der Waals surface area contributed by atoms with Crippen molar-refractivity contribution in [3.8, 4) is 0 Å². The summed E-state index contributed by atoms with van der Waals surface area (Å²) < 4.78 is 1.82. The number of rotatable bonds is 0. The smallest absolute Gasteiger partial charge is 0.218 e. The molecule has 0 radical (unpaired) electrons. The second kappa shape index (κ2) is 3.81. The summed E-state index contributed by atoms with van der Waals surface area (Å²) >= 11 is 0. The molecule has 0 aliphatic rings. The lowest BCUT2D eigenvalue weighted by atomic mass is 9.96. The van der Waals surface area contributed by atoms with E-state index in [0.717, 1.165) is 28.0 Å². The van der Waals surface area contributed by atoms with Gasteiger partial charge in [-0.05, 0) is 20.8 Å². The van der Waals surface area contributed by atoms with Crippen molar-refractivity contribution in [2.75, 3.05) is 0 Å². The minimum absolute atomic E-state index is 0.0807. The molecule has 0 unspecified atom stereocenters. The second-order valence-corrected chi connectivity index (χ2v) is 5.85. The maximum atomic E-state index is 7.31. The van der Waals surface area contributed by atoms with Crippen molar-refractivity contribution >= 4 is 16.9 Å². The van der Waals surface area contributed by atoms with E-state index in [0.29, 0.717) is 5.69 Å². The lowest BCUT2D eigenvalue weighted by molar-refractivity contribution is 0.544. The van der Waals surface area contributed by atoms with Crippen LogP contribution in [0.3, 0.4) is 0 Å². The van der Waals surface area contributed by atoms with Gasteiger partial charge in [-0.3, -0.25) is 0 Å². The van der Waals surface area contributed by atoms with E-state index >= 15 is 0 Å². The van der Waals surface area contributed by atoms with Crippen LogP contribution in [0.2, 0.25) is 0 Å². The minimum atomic E-state index is -0.0807. The van der Waals surface area contributed by atoms with Crippen LogP contribution in [0.15, 0.2) is 0 Å². The maximum absolute atomic E-state index is 7.31. The maximum Gasteiger partial charge on any atom is 0.218 e. The first kappa shape index (κ1) is 12.6. The van der Waals surface area contributed by atoms with Crippen molar-refractivity contribution in [2.45, 2.75) is 47.0 Å². The summed E-state index contributed by atoms with van der Waals surface area (Å²) in [6, 6.07) is 0. The van der Waals surface area contributed by atoms with E-state index in [9.17, 15) is 0 Å². The van der Waals surface area contributed by atoms with Crippen LogP contribution in [-0.4, -0.2) is 14.6 Å². The van der Waals surface area contributed by atoms with Crippen LogP contribution in [0.5, 0.6) is 0 Å². The van der Waals surface area contributed by atoms with Gasteiger partial charge >= 0.3 is 0 Å². The fraction of sp³-hybridized carbons (Fsp3) is 0.500. The highest BCUT2D eigenvalue weighted by Gasteiger charge is 2.23. The summed E-state index contributed by atoms with van der Waals surface area (Å²) in [6.07, 6.45) is 0. The molecule has 18 heavy (non-hydrogen) atoms. The highest BCUT2D eigenvalue weighted by atomic mass is 15.3. The summed E-state index contributed by atoms with van der Waals surface area (Å²) in [5.41, 5.74) is 3.41. The SMILES string of the molecule is [C-]#[N+]c1c(C)c2nc(C(C)(C)C)nn2c1=C(C)C. The number of aromatic nitrogens is 3. The molecule has 0 atom stereocenters. The van der Waals surface area contributed by atoms with Crippen LogP contribution in [0.25, 0.3) is 16.1 Å². The lowest BCUT2D eigenvalue weighted by Crippen LogP contribution is -2.17. The van der Waals surface area contributed by atoms with Crippen LogP contribution >= 0.6 is 0 Å². The average Bonchev–Trinajstić information content (AvgIpc) is 2.76. The van der Waals surface area contributed by atoms with Crippen LogP contribution < -0.4 is 5.35 Å². The van der Waals surface area contributed by atoms with Gasteiger partial charge in [0.1, 0.15) is 5.65 Å². The number of fused-ring (bicyclic) bond motifs is 1. The predicted octanol–water partition coefficient (Wildman–Crippen LogP) is 2.80. The van der Waals surface area contributed by atoms with Gasteiger partial charge in [0.15, 0.2) is 5.82 Å². The Kier molecular flexibility index (Phi) is 2.66. The molecule has 0 spiro atoms. The summed E-state index contributed by atoms with van der Waals surface area (Å²) in [6.45, 7) is 19.5. The Labute approximate surface area is 107 Å². The average molecular weight is 242 g/mol. The quantitative estimate of drug-likeness (QED) is 0.666. The van der Waals surface area contributed by atoms with Gasteiger partial charge in [-0.25, -0.2) is 14.3 Å². The highest BCUT2D eigenvalue weighted by Crippen LogP contribution is 2.24. The third-order valence-electron chi connectivity index (χ3n) is 2.99. The van der Waals surface area contributed by atoms with Gasteiger partial charge < -0.3 is 0 Å². The molecule has 0 bridgehead atoms. The Morgan fingerprint density at radius 2 is 1.89 bits per heavy atom. The molecule has 2 rings (SSSR count). The normalized spacial score (nSPS) is 11.8. The van der Waals surface area contributed by atoms with Crippen molar-refractivity contribution < 1.29 is 0 Å². The van der Waals surface area contributed by atoms with E-state index < -0.39 is 0 Å². The van der Waals surface area contributed by atoms with Crippen LogP contribution in [0, 0.1) is 13.5 Å². The zero-order valence-electron chi connectivity index (χ0n) is 11.8. The van der Waals surface area contributed by atoms with Crippen LogP contribution in [0.1, 0.15) is 46.0 Å². The summed E-state index contributed by atoms with van der Waals surface area (Å²) in [4.78, 5) is 8.21. The molecule has 0 aliphatic heterocycles. The molecular weight excluding hydrogens is 224 g/mol. The van der Waals surface area contributed by atoms with Crippen LogP contribution in [-0.2, 0) is 5.41 Å². The molecule has 0 saturated carbocycles. The molecule has 2 heterocycles. The van der Waals surface area contributed by atoms with E-state index in [4.69, 9.17) is 6.57 Å². The van der Waals surface area contributed by atoms with E-state index in [-0.39, 0.29) is 5.41 Å². The molecule has 94 valence electrons. The molecule has 2 aromatic rings.